The fourth-order valence-corrected chi connectivity index (χ4v) is 7.41. The number of carboxylic acid groups (broad SMARTS) is 1. The van der Waals surface area contributed by atoms with Crippen LogP contribution in [0.2, 0.25) is 0 Å². The van der Waals surface area contributed by atoms with Crippen molar-refractivity contribution in [3.63, 3.8) is 0 Å². The molecule has 0 aromatic heterocycles. The lowest BCUT2D eigenvalue weighted by molar-refractivity contribution is -0.145. The highest BCUT2D eigenvalue weighted by Gasteiger charge is 2.70. The summed E-state index contributed by atoms with van der Waals surface area (Å²) in [6, 6.07) is 4.75. The van der Waals surface area contributed by atoms with Gasteiger partial charge in [-0.1, -0.05) is 92.0 Å². The predicted octanol–water partition coefficient (Wildman–Crippen LogP) is 4.78. The second-order valence-corrected chi connectivity index (χ2v) is 18.3. The summed E-state index contributed by atoms with van der Waals surface area (Å²) in [4.78, 5) is 76.8. The van der Waals surface area contributed by atoms with Crippen molar-refractivity contribution in [3.05, 3.63) is 35.4 Å². The minimum atomic E-state index is -1.07. The molecule has 52 heavy (non-hydrogen) atoms. The van der Waals surface area contributed by atoms with Crippen molar-refractivity contribution in [2.75, 3.05) is 6.54 Å². The Morgan fingerprint density at radius 2 is 1.52 bits per heavy atom. The summed E-state index contributed by atoms with van der Waals surface area (Å²) in [5.74, 6) is -2.91. The summed E-state index contributed by atoms with van der Waals surface area (Å²) in [6.07, 6.45) is 4.36. The quantitative estimate of drug-likeness (QED) is 0.192. The highest BCUT2D eigenvalue weighted by Crippen LogP contribution is 2.65. The predicted molar refractivity (Wildman–Crippen MR) is 200 cm³/mol. The third-order valence-electron chi connectivity index (χ3n) is 10.8. The number of Topliss-reactive ketones (excluding diaryl/α,β-unsaturated/α-hetero) is 1. The van der Waals surface area contributed by atoms with Crippen LogP contribution in [-0.2, 0) is 30.4 Å². The Morgan fingerprint density at radius 3 is 1.96 bits per heavy atom. The Labute approximate surface area is 309 Å². The van der Waals surface area contributed by atoms with E-state index in [9.17, 15) is 28.8 Å². The average Bonchev–Trinajstić information content (AvgIpc) is 3.30. The van der Waals surface area contributed by atoms with E-state index >= 15 is 0 Å². The number of hydrogen-bond acceptors (Lipinski definition) is 6. The summed E-state index contributed by atoms with van der Waals surface area (Å²) >= 11 is 0. The number of ketones is 1. The maximum Gasteiger partial charge on any atom is 0.315 e. The van der Waals surface area contributed by atoms with E-state index < -0.39 is 64.6 Å². The summed E-state index contributed by atoms with van der Waals surface area (Å²) in [5.41, 5.74) is 6.18. The van der Waals surface area contributed by atoms with Crippen molar-refractivity contribution in [3.8, 4) is 0 Å². The molecule has 1 heterocycles. The molecule has 1 aliphatic heterocycles. The van der Waals surface area contributed by atoms with Gasteiger partial charge in [-0.2, -0.15) is 0 Å². The van der Waals surface area contributed by atoms with Crippen molar-refractivity contribution in [2.24, 2.45) is 40.2 Å². The van der Waals surface area contributed by atoms with E-state index in [1.165, 1.54) is 5.56 Å². The number of nitrogens with one attached hydrogen (secondary N) is 3. The molecule has 12 heteroatoms. The third kappa shape index (κ3) is 10.8. The van der Waals surface area contributed by atoms with Crippen LogP contribution in [0.3, 0.4) is 0 Å². The maximum absolute atomic E-state index is 13.9. The summed E-state index contributed by atoms with van der Waals surface area (Å²) in [7, 11) is 0. The van der Waals surface area contributed by atoms with Crippen molar-refractivity contribution in [1.82, 2.24) is 20.9 Å². The zero-order valence-corrected chi connectivity index (χ0v) is 33.1. The molecular formula is C40H63N5O7. The first-order valence-corrected chi connectivity index (χ1v) is 18.7. The third-order valence-corrected chi connectivity index (χ3v) is 10.8. The second kappa shape index (κ2) is 16.4. The molecule has 1 saturated heterocycles. The zero-order chi connectivity index (χ0) is 39.5. The van der Waals surface area contributed by atoms with Crippen LogP contribution in [0, 0.1) is 34.5 Å². The van der Waals surface area contributed by atoms with Crippen molar-refractivity contribution >= 4 is 35.5 Å². The van der Waals surface area contributed by atoms with Gasteiger partial charge in [0.1, 0.15) is 12.1 Å². The normalized spacial score (nSPS) is 22.4. The van der Waals surface area contributed by atoms with Crippen LogP contribution in [0.1, 0.15) is 119 Å². The number of aliphatic carboxylic acids is 1. The number of carboxylic acids is 1. The number of hydrogen-bond donors (Lipinski definition) is 5. The van der Waals surface area contributed by atoms with E-state index in [-0.39, 0.29) is 29.1 Å². The van der Waals surface area contributed by atoms with Gasteiger partial charge in [0.2, 0.25) is 17.6 Å². The summed E-state index contributed by atoms with van der Waals surface area (Å²) < 4.78 is 0. The lowest BCUT2D eigenvalue weighted by atomic mass is 9.80. The van der Waals surface area contributed by atoms with Crippen LogP contribution in [0.5, 0.6) is 0 Å². The number of benzene rings is 1. The van der Waals surface area contributed by atoms with Crippen molar-refractivity contribution in [1.29, 1.82) is 0 Å². The Kier molecular flexibility index (Phi) is 13.4. The van der Waals surface area contributed by atoms with Gasteiger partial charge >= 0.3 is 12.0 Å². The molecule has 290 valence electrons. The molecule has 12 nitrogen and oxygen atoms in total. The monoisotopic (exact) mass is 725 g/mol. The molecule has 0 bridgehead atoms. The number of nitrogens with zero attached hydrogens (tertiary/aromatic N) is 1. The second-order valence-electron chi connectivity index (χ2n) is 18.3. The molecule has 1 aromatic carbocycles. The van der Waals surface area contributed by atoms with E-state index in [1.54, 1.807) is 11.8 Å². The minimum absolute atomic E-state index is 0.0755. The molecule has 2 saturated carbocycles. The lowest BCUT2D eigenvalue weighted by Gasteiger charge is -2.38. The number of amides is 5. The molecular weight excluding hydrogens is 662 g/mol. The standard InChI is InChI=1S/C27H45N5O5.C13H18O2/c1-25(2,3)20(30-24(37)31-26(4,5)6)23(36)32-13-15-17(27(15,7)8)18(32)22(35)29-16(19(33)21(28)34)12-14-10-9-11-14;1-9(2)8-11-4-6-12(7-5-11)10(3)13(14)15/h14-18,20H,9-13H2,1-8H3,(H2,28,34)(H,29,35)(H2,30,31,37);4-7,9-10H,8H2,1-3H3,(H,14,15)/t15-,16?,17-,18-,20+;/m0./s1. The Morgan fingerprint density at radius 1 is 0.942 bits per heavy atom. The van der Waals surface area contributed by atoms with E-state index in [2.05, 4.69) is 43.6 Å². The maximum atomic E-state index is 13.9. The number of carbonyl (C=O) groups is 6. The largest absolute Gasteiger partial charge is 0.481 e. The van der Waals surface area contributed by atoms with E-state index in [0.717, 1.165) is 31.2 Å². The summed E-state index contributed by atoms with van der Waals surface area (Å²) in [5, 5.41) is 17.3. The van der Waals surface area contributed by atoms with Crippen LogP contribution in [0.4, 0.5) is 4.79 Å². The fraction of sp³-hybridized carbons (Fsp3) is 0.700. The highest BCUT2D eigenvalue weighted by atomic mass is 16.4. The molecule has 4 rings (SSSR count). The molecule has 6 atom stereocenters. The van der Waals surface area contributed by atoms with Gasteiger partial charge in [-0.05, 0) is 86.2 Å². The van der Waals surface area contributed by atoms with E-state index in [0.29, 0.717) is 18.9 Å². The van der Waals surface area contributed by atoms with Gasteiger partial charge in [-0.15, -0.1) is 0 Å². The van der Waals surface area contributed by atoms with Crippen LogP contribution in [-0.4, -0.2) is 75.7 Å². The molecule has 0 radical (unpaired) electrons. The number of primary amides is 1. The molecule has 3 fully saturated rings. The zero-order valence-electron chi connectivity index (χ0n) is 33.1. The summed E-state index contributed by atoms with van der Waals surface area (Å²) in [6.45, 7) is 21.7. The van der Waals surface area contributed by atoms with E-state index in [4.69, 9.17) is 10.8 Å². The van der Waals surface area contributed by atoms with Crippen molar-refractivity contribution < 1.29 is 33.9 Å². The van der Waals surface area contributed by atoms with Gasteiger partial charge in [-0.3, -0.25) is 24.0 Å². The van der Waals surface area contributed by atoms with Gasteiger partial charge < -0.3 is 31.7 Å². The minimum Gasteiger partial charge on any atom is -0.481 e. The molecule has 1 aromatic rings. The first-order chi connectivity index (χ1) is 23.8. The van der Waals surface area contributed by atoms with Crippen LogP contribution < -0.4 is 21.7 Å². The van der Waals surface area contributed by atoms with Gasteiger partial charge in [0.25, 0.3) is 5.91 Å². The average molecular weight is 726 g/mol. The molecule has 5 amide bonds. The Balaban J connectivity index is 0.000000406. The van der Waals surface area contributed by atoms with Gasteiger partial charge in [0.15, 0.2) is 0 Å². The fourth-order valence-electron chi connectivity index (χ4n) is 7.41. The molecule has 2 aliphatic carbocycles. The van der Waals surface area contributed by atoms with Gasteiger partial charge in [-0.25, -0.2) is 4.79 Å². The lowest BCUT2D eigenvalue weighted by Crippen LogP contribution is -2.62. The number of rotatable bonds is 12. The first kappa shape index (κ1) is 42.5. The number of piperidine rings is 1. The van der Waals surface area contributed by atoms with Gasteiger partial charge in [0, 0.05) is 12.1 Å². The number of carbonyl (C=O) groups excluding carboxylic acids is 5. The number of urea groups is 1. The number of nitrogens with two attached hydrogens (primary N) is 1. The number of likely N-dealkylation sites (tertiary alicyclic amines) is 1. The molecule has 6 N–H and O–H groups in total. The van der Waals surface area contributed by atoms with Gasteiger partial charge in [0.05, 0.1) is 12.0 Å². The van der Waals surface area contributed by atoms with Crippen LogP contribution >= 0.6 is 0 Å². The molecule has 0 spiro atoms. The first-order valence-electron chi connectivity index (χ1n) is 18.7. The van der Waals surface area contributed by atoms with E-state index in [1.807, 2.05) is 65.8 Å². The highest BCUT2D eigenvalue weighted by molar-refractivity contribution is 6.37. The van der Waals surface area contributed by atoms with Crippen molar-refractivity contribution in [2.45, 2.75) is 138 Å². The number of fused-ring (bicyclic) bond motifs is 1. The SMILES string of the molecule is CC(C)(C)NC(=O)N[C@H](C(=O)N1C[C@H]2[C@@H]([C@H]1C(=O)NC(CC1CCC1)C(=O)C(N)=O)C2(C)C)C(C)(C)C.CC(C)Cc1ccc(C(C)C(=O)O)cc1. The Hall–Kier alpha value is -3.96. The van der Waals surface area contributed by atoms with Crippen LogP contribution in [0.25, 0.3) is 0 Å². The topological polar surface area (TPSA) is 188 Å². The molecule has 3 aliphatic rings. The molecule has 2 unspecified atom stereocenters. The smallest absolute Gasteiger partial charge is 0.315 e. The Bertz CT molecular complexity index is 1490. The van der Waals surface area contributed by atoms with Crippen LogP contribution in [0.15, 0.2) is 24.3 Å².